The Morgan fingerprint density at radius 3 is 0.966 bits per heavy atom. The van der Waals surface area contributed by atoms with Gasteiger partial charge in [0.1, 0.15) is 0 Å². The van der Waals surface area contributed by atoms with Crippen LogP contribution in [0.25, 0.3) is 0 Å². The molecule has 183 valence electrons. The molecule has 0 spiro atoms. The minimum atomic E-state index is -4.67. The zero-order valence-corrected chi connectivity index (χ0v) is 16.4. The van der Waals surface area contributed by atoms with E-state index in [2.05, 4.69) is 13.2 Å². The Hall–Kier alpha value is 0.969. The Kier molecular flexibility index (Phi) is 138. The van der Waals surface area contributed by atoms with E-state index >= 15 is 0 Å². The first-order valence-electron chi connectivity index (χ1n) is 4.54. The summed E-state index contributed by atoms with van der Waals surface area (Å²) in [6, 6.07) is 0. The molecule has 0 saturated heterocycles. The molecule has 0 fully saturated rings. The molecule has 1 radical (unpaired) electrons. The van der Waals surface area contributed by atoms with Gasteiger partial charge in [0.05, 0.1) is 13.2 Å². The predicted molar refractivity (Wildman–Crippen MR) is 105 cm³/mol. The van der Waals surface area contributed by atoms with Gasteiger partial charge in [0, 0.05) is 24.0 Å². The maximum absolute atomic E-state index is 9.00. The van der Waals surface area contributed by atoms with Crippen molar-refractivity contribution in [3.63, 3.8) is 0 Å². The third-order valence-corrected chi connectivity index (χ3v) is 0.471. The molecule has 0 heterocycles. The molecule has 0 aromatic heterocycles. The number of carboxylic acids is 1. The van der Waals surface area contributed by atoms with Crippen molar-refractivity contribution in [3.05, 3.63) is 25.3 Å². The molecular formula is C8H30CuNa2O16S2. The maximum atomic E-state index is 9.00. The molecule has 0 atom stereocenters. The van der Waals surface area contributed by atoms with E-state index < -0.39 is 26.8 Å². The van der Waals surface area contributed by atoms with Crippen LogP contribution in [0.4, 0.5) is 0 Å². The summed E-state index contributed by atoms with van der Waals surface area (Å²) in [5.41, 5.74) is 0. The van der Waals surface area contributed by atoms with E-state index in [1.54, 1.807) is 12.2 Å². The van der Waals surface area contributed by atoms with Crippen LogP contribution in [0.2, 0.25) is 0 Å². The predicted octanol–water partition coefficient (Wildman–Crippen LogP) is -5.26. The third kappa shape index (κ3) is 853. The molecule has 15 N–H and O–H groups in total. The van der Waals surface area contributed by atoms with Gasteiger partial charge < -0.3 is 37.2 Å². The van der Waals surface area contributed by atoms with Crippen LogP contribution in [0.15, 0.2) is 25.3 Å². The molecule has 0 aliphatic heterocycles. The van der Waals surface area contributed by atoms with Gasteiger partial charge in [-0.25, -0.2) is 0 Å². The number of carboxylic acid groups (broad SMARTS) is 1. The standard InChI is InChI=1S/C6H10O.C2H4O2.Cu.2Na.2H2O4S.5H2O.2H/c1-3-5-7-6-4-2;1-2(3)4;;;;2*1-5(2,3)4;;;;;;;/h3-4H,1-2,5-6H2;1H3,(H,3,4);;;;2*(H2,1,2,3,4);5*1H2;;. The Morgan fingerprint density at radius 1 is 0.793 bits per heavy atom. The van der Waals surface area contributed by atoms with Gasteiger partial charge in [0.15, 0.2) is 0 Å². The Balaban J connectivity index is -0.0000000123. The summed E-state index contributed by atoms with van der Waals surface area (Å²) in [6.45, 7) is 9.26. The number of hydrogen-bond acceptors (Lipinski definition) is 6. The number of carbonyl (C=O) groups is 1. The van der Waals surface area contributed by atoms with Crippen molar-refractivity contribution < 1.29 is 94.1 Å². The molecule has 0 bridgehead atoms. The van der Waals surface area contributed by atoms with Crippen molar-refractivity contribution in [2.24, 2.45) is 0 Å². The normalized spacial score (nSPS) is 6.79. The van der Waals surface area contributed by atoms with Crippen LogP contribution < -0.4 is 0 Å². The van der Waals surface area contributed by atoms with Crippen molar-refractivity contribution in [3.8, 4) is 0 Å². The van der Waals surface area contributed by atoms with E-state index in [1.165, 1.54) is 0 Å². The van der Waals surface area contributed by atoms with Gasteiger partial charge in [-0.2, -0.15) is 16.8 Å². The van der Waals surface area contributed by atoms with Gasteiger partial charge in [0.25, 0.3) is 5.97 Å². The second-order valence-corrected chi connectivity index (χ2v) is 4.32. The first-order valence-corrected chi connectivity index (χ1v) is 7.33. The minimum absolute atomic E-state index is 0. The molecule has 0 amide bonds. The topological polar surface area (TPSA) is 353 Å². The van der Waals surface area contributed by atoms with Crippen LogP contribution in [-0.4, -0.2) is 146 Å². The Labute approximate surface area is 223 Å². The fourth-order valence-electron chi connectivity index (χ4n) is 0.235. The van der Waals surface area contributed by atoms with Gasteiger partial charge in [-0.05, 0) is 0 Å². The molecule has 29 heavy (non-hydrogen) atoms. The Morgan fingerprint density at radius 2 is 0.897 bits per heavy atom. The van der Waals surface area contributed by atoms with Gasteiger partial charge in [0.2, 0.25) is 0 Å². The van der Waals surface area contributed by atoms with Gasteiger partial charge in [-0.15, -0.1) is 13.2 Å². The van der Waals surface area contributed by atoms with Crippen molar-refractivity contribution in [1.82, 2.24) is 0 Å². The summed E-state index contributed by atoms with van der Waals surface area (Å²) < 4.78 is 68.1. The Bertz CT molecular complexity index is 425. The van der Waals surface area contributed by atoms with Gasteiger partial charge >= 0.3 is 79.9 Å². The van der Waals surface area contributed by atoms with Crippen molar-refractivity contribution in [2.45, 2.75) is 6.92 Å². The average Bonchev–Trinajstić information content (AvgIpc) is 2.12. The molecule has 0 aliphatic rings. The SMILES string of the molecule is C=CCOCC=C.CC(=O)O.O.O.O.O.O.O=S(=O)(O)O.O=S(=O)(O)O.[Cu].[NaH].[NaH]. The van der Waals surface area contributed by atoms with Crippen LogP contribution >= 0.6 is 0 Å². The average molecular weight is 556 g/mol. The molecule has 21 heteroatoms. The number of hydrogen-bond donors (Lipinski definition) is 5. The van der Waals surface area contributed by atoms with Crippen molar-refractivity contribution >= 4 is 85.9 Å². The summed E-state index contributed by atoms with van der Waals surface area (Å²) in [4.78, 5) is 9.00. The molecule has 0 aliphatic carbocycles. The second kappa shape index (κ2) is 51.5. The molecule has 0 aromatic rings. The number of ether oxygens (including phenoxy) is 1. The first kappa shape index (κ1) is 77.9. The summed E-state index contributed by atoms with van der Waals surface area (Å²) in [6.07, 6.45) is 3.42. The summed E-state index contributed by atoms with van der Waals surface area (Å²) >= 11 is 0. The number of aliphatic carboxylic acids is 1. The molecule has 16 nitrogen and oxygen atoms in total. The van der Waals surface area contributed by atoms with Gasteiger partial charge in [-0.3, -0.25) is 23.0 Å². The van der Waals surface area contributed by atoms with Gasteiger partial charge in [-0.1, -0.05) is 12.2 Å². The zero-order chi connectivity index (χ0) is 18.1. The summed E-state index contributed by atoms with van der Waals surface area (Å²) in [5, 5.41) is 7.42. The van der Waals surface area contributed by atoms with Crippen LogP contribution in [0.1, 0.15) is 6.92 Å². The van der Waals surface area contributed by atoms with E-state index in [0.29, 0.717) is 13.2 Å². The fourth-order valence-corrected chi connectivity index (χ4v) is 0.235. The summed E-state index contributed by atoms with van der Waals surface area (Å²) in [5.74, 6) is -0.833. The van der Waals surface area contributed by atoms with Crippen molar-refractivity contribution in [1.29, 1.82) is 0 Å². The zero-order valence-electron chi connectivity index (χ0n) is 13.8. The van der Waals surface area contributed by atoms with Crippen molar-refractivity contribution in [2.75, 3.05) is 13.2 Å². The third-order valence-electron chi connectivity index (χ3n) is 0.471. The first-order chi connectivity index (χ1) is 9.15. The molecular weight excluding hydrogens is 526 g/mol. The summed E-state index contributed by atoms with van der Waals surface area (Å²) in [7, 11) is -9.33. The van der Waals surface area contributed by atoms with E-state index in [4.69, 9.17) is 49.7 Å². The second-order valence-electron chi connectivity index (χ2n) is 2.53. The van der Waals surface area contributed by atoms with Crippen LogP contribution in [0.3, 0.4) is 0 Å². The van der Waals surface area contributed by atoms with Crippen LogP contribution in [-0.2, 0) is 47.4 Å². The van der Waals surface area contributed by atoms with E-state index in [0.717, 1.165) is 6.92 Å². The molecule has 0 unspecified atom stereocenters. The quantitative estimate of drug-likeness (QED) is 0.0942. The number of rotatable bonds is 4. The van der Waals surface area contributed by atoms with E-state index in [1.807, 2.05) is 0 Å². The molecule has 0 rings (SSSR count). The monoisotopic (exact) mass is 555 g/mol. The van der Waals surface area contributed by atoms with Crippen LogP contribution in [0.5, 0.6) is 0 Å². The van der Waals surface area contributed by atoms with Crippen LogP contribution in [0, 0.1) is 0 Å². The fraction of sp³-hybridized carbons (Fsp3) is 0.375. The molecule has 0 saturated carbocycles. The van der Waals surface area contributed by atoms with E-state index in [-0.39, 0.29) is 104 Å². The van der Waals surface area contributed by atoms with E-state index in [9.17, 15) is 0 Å². The molecule has 0 aromatic carbocycles.